The molecule has 1 aliphatic heterocycles. The molecular weight excluding hydrogens is 362 g/mol. The van der Waals surface area contributed by atoms with Gasteiger partial charge in [-0.25, -0.2) is 13.4 Å². The standard InChI is InChI=1S/C16H19N3O4S2/c20-15(11-24-16-17-13-3-1-2-4-14(13)23-16)18-7-9-19(10-8-18)25(21,22)12-5-6-12/h1-4,12H,5-11H2. The monoisotopic (exact) mass is 381 g/mol. The van der Waals surface area contributed by atoms with Crippen molar-refractivity contribution in [3.05, 3.63) is 24.3 Å². The van der Waals surface area contributed by atoms with E-state index in [0.717, 1.165) is 18.4 Å². The van der Waals surface area contributed by atoms with E-state index >= 15 is 0 Å². The molecule has 134 valence electrons. The number of benzene rings is 1. The molecule has 1 aromatic heterocycles. The van der Waals surface area contributed by atoms with Crippen molar-refractivity contribution in [2.24, 2.45) is 0 Å². The van der Waals surface area contributed by atoms with E-state index in [9.17, 15) is 13.2 Å². The molecule has 25 heavy (non-hydrogen) atoms. The van der Waals surface area contributed by atoms with Gasteiger partial charge in [0.2, 0.25) is 15.9 Å². The van der Waals surface area contributed by atoms with Crippen molar-refractivity contribution in [3.63, 3.8) is 0 Å². The molecule has 0 bridgehead atoms. The topological polar surface area (TPSA) is 83.7 Å². The molecule has 1 saturated carbocycles. The number of oxazole rings is 1. The molecular formula is C16H19N3O4S2. The molecule has 2 aliphatic rings. The van der Waals surface area contributed by atoms with Crippen LogP contribution in [0.3, 0.4) is 0 Å². The van der Waals surface area contributed by atoms with Crippen LogP contribution < -0.4 is 0 Å². The van der Waals surface area contributed by atoms with E-state index in [-0.39, 0.29) is 16.9 Å². The summed E-state index contributed by atoms with van der Waals surface area (Å²) in [5.74, 6) is 0.220. The van der Waals surface area contributed by atoms with Crippen molar-refractivity contribution in [3.8, 4) is 0 Å². The molecule has 7 nitrogen and oxygen atoms in total. The maximum Gasteiger partial charge on any atom is 0.257 e. The Morgan fingerprint density at radius 2 is 1.92 bits per heavy atom. The Bertz CT molecular complexity index is 851. The summed E-state index contributed by atoms with van der Waals surface area (Å²) in [6, 6.07) is 7.47. The first-order valence-corrected chi connectivity index (χ1v) is 10.8. The molecule has 0 radical (unpaired) electrons. The quantitative estimate of drug-likeness (QED) is 0.731. The van der Waals surface area contributed by atoms with Crippen LogP contribution in [0.15, 0.2) is 33.9 Å². The van der Waals surface area contributed by atoms with Crippen molar-refractivity contribution in [2.75, 3.05) is 31.9 Å². The van der Waals surface area contributed by atoms with Crippen LogP contribution in [0.5, 0.6) is 0 Å². The molecule has 1 amide bonds. The smallest absolute Gasteiger partial charge is 0.257 e. The summed E-state index contributed by atoms with van der Waals surface area (Å²) in [4.78, 5) is 18.4. The predicted octanol–water partition coefficient (Wildman–Crippen LogP) is 1.56. The third-order valence-electron chi connectivity index (χ3n) is 4.49. The molecule has 9 heteroatoms. The Morgan fingerprint density at radius 1 is 1.20 bits per heavy atom. The minimum absolute atomic E-state index is 0.0178. The van der Waals surface area contributed by atoms with E-state index in [0.29, 0.717) is 37.0 Å². The van der Waals surface area contributed by atoms with Gasteiger partial charge in [0, 0.05) is 26.2 Å². The SMILES string of the molecule is O=C(CSc1nc2ccccc2o1)N1CCN(S(=O)(=O)C2CC2)CC1. The molecule has 2 heterocycles. The van der Waals surface area contributed by atoms with Gasteiger partial charge in [0.15, 0.2) is 5.58 Å². The van der Waals surface area contributed by atoms with Gasteiger partial charge in [-0.05, 0) is 25.0 Å². The molecule has 0 atom stereocenters. The highest BCUT2D eigenvalue weighted by Gasteiger charge is 2.41. The highest BCUT2D eigenvalue weighted by Crippen LogP contribution is 2.31. The van der Waals surface area contributed by atoms with Crippen molar-refractivity contribution in [1.29, 1.82) is 0 Å². The summed E-state index contributed by atoms with van der Waals surface area (Å²) < 4.78 is 31.6. The molecule has 0 spiro atoms. The van der Waals surface area contributed by atoms with E-state index in [1.165, 1.54) is 16.1 Å². The molecule has 4 rings (SSSR count). The molecule has 2 aromatic rings. The Balaban J connectivity index is 1.30. The van der Waals surface area contributed by atoms with Gasteiger partial charge in [0.1, 0.15) is 5.52 Å². The number of piperazine rings is 1. The number of hydrogen-bond acceptors (Lipinski definition) is 6. The lowest BCUT2D eigenvalue weighted by Crippen LogP contribution is -2.51. The predicted molar refractivity (Wildman–Crippen MR) is 94.8 cm³/mol. The molecule has 0 N–H and O–H groups in total. The number of hydrogen-bond donors (Lipinski definition) is 0. The van der Waals surface area contributed by atoms with E-state index in [1.54, 1.807) is 4.90 Å². The first-order valence-electron chi connectivity index (χ1n) is 8.29. The summed E-state index contributed by atoms with van der Waals surface area (Å²) in [5, 5.41) is 0.286. The number of carbonyl (C=O) groups excluding carboxylic acids is 1. The van der Waals surface area contributed by atoms with Crippen LogP contribution in [0.4, 0.5) is 0 Å². The van der Waals surface area contributed by atoms with Crippen LogP contribution in [0.1, 0.15) is 12.8 Å². The van der Waals surface area contributed by atoms with Gasteiger partial charge in [0.25, 0.3) is 5.22 Å². The summed E-state index contributed by atoms with van der Waals surface area (Å²) in [6.45, 7) is 1.66. The Labute approximate surface area is 150 Å². The second kappa shape index (κ2) is 6.62. The minimum atomic E-state index is -3.14. The fraction of sp³-hybridized carbons (Fsp3) is 0.500. The zero-order valence-corrected chi connectivity index (χ0v) is 15.3. The number of fused-ring (bicyclic) bond motifs is 1. The Kier molecular flexibility index (Phi) is 4.47. The van der Waals surface area contributed by atoms with Gasteiger partial charge in [-0.1, -0.05) is 23.9 Å². The first kappa shape index (κ1) is 16.9. The number of rotatable bonds is 5. The Hall–Kier alpha value is -1.58. The lowest BCUT2D eigenvalue weighted by atomic mass is 10.3. The van der Waals surface area contributed by atoms with E-state index in [2.05, 4.69) is 4.98 Å². The number of aromatic nitrogens is 1. The molecule has 1 aromatic carbocycles. The highest BCUT2D eigenvalue weighted by atomic mass is 32.2. The lowest BCUT2D eigenvalue weighted by molar-refractivity contribution is -0.129. The van der Waals surface area contributed by atoms with Crippen LogP contribution in [0, 0.1) is 0 Å². The second-order valence-electron chi connectivity index (χ2n) is 6.26. The van der Waals surface area contributed by atoms with Crippen molar-refractivity contribution in [2.45, 2.75) is 23.3 Å². The number of sulfonamides is 1. The van der Waals surface area contributed by atoms with Crippen LogP contribution >= 0.6 is 11.8 Å². The number of carbonyl (C=O) groups is 1. The van der Waals surface area contributed by atoms with Crippen molar-refractivity contribution >= 4 is 38.8 Å². The van der Waals surface area contributed by atoms with Gasteiger partial charge in [-0.2, -0.15) is 4.31 Å². The third-order valence-corrected chi connectivity index (χ3v) is 7.70. The van der Waals surface area contributed by atoms with Crippen molar-refractivity contribution < 1.29 is 17.6 Å². The van der Waals surface area contributed by atoms with Gasteiger partial charge in [-0.3, -0.25) is 4.79 Å². The summed E-state index contributed by atoms with van der Waals surface area (Å²) in [6.07, 6.45) is 1.53. The van der Waals surface area contributed by atoms with Crippen LogP contribution in [-0.2, 0) is 14.8 Å². The molecule has 1 saturated heterocycles. The first-order chi connectivity index (χ1) is 12.0. The third kappa shape index (κ3) is 3.54. The van der Waals surface area contributed by atoms with E-state index < -0.39 is 10.0 Å². The average Bonchev–Trinajstić information content (AvgIpc) is 3.40. The van der Waals surface area contributed by atoms with Gasteiger partial charge >= 0.3 is 0 Å². The fourth-order valence-corrected chi connectivity index (χ4v) is 5.46. The van der Waals surface area contributed by atoms with Crippen molar-refractivity contribution in [1.82, 2.24) is 14.2 Å². The zero-order valence-electron chi connectivity index (χ0n) is 13.6. The Morgan fingerprint density at radius 3 is 2.60 bits per heavy atom. The average molecular weight is 381 g/mol. The lowest BCUT2D eigenvalue weighted by Gasteiger charge is -2.34. The zero-order chi connectivity index (χ0) is 17.4. The highest BCUT2D eigenvalue weighted by molar-refractivity contribution is 7.99. The van der Waals surface area contributed by atoms with E-state index in [1.807, 2.05) is 24.3 Å². The fourth-order valence-electron chi connectivity index (χ4n) is 2.90. The summed E-state index contributed by atoms with van der Waals surface area (Å²) in [7, 11) is -3.14. The van der Waals surface area contributed by atoms with Crippen LogP contribution in [0.2, 0.25) is 0 Å². The minimum Gasteiger partial charge on any atom is -0.431 e. The maximum absolute atomic E-state index is 12.4. The largest absolute Gasteiger partial charge is 0.431 e. The van der Waals surface area contributed by atoms with E-state index in [4.69, 9.17) is 4.42 Å². The normalized spacial score (nSPS) is 19.4. The number of thioether (sulfide) groups is 1. The summed E-state index contributed by atoms with van der Waals surface area (Å²) >= 11 is 1.27. The maximum atomic E-state index is 12.4. The number of amides is 1. The van der Waals surface area contributed by atoms with Gasteiger partial charge < -0.3 is 9.32 Å². The molecule has 0 unspecified atom stereocenters. The number of nitrogens with zero attached hydrogens (tertiary/aromatic N) is 3. The van der Waals surface area contributed by atoms with Gasteiger partial charge in [0.05, 0.1) is 11.0 Å². The van der Waals surface area contributed by atoms with Crippen LogP contribution in [0.25, 0.3) is 11.1 Å². The molecule has 2 fully saturated rings. The van der Waals surface area contributed by atoms with Gasteiger partial charge in [-0.15, -0.1) is 0 Å². The number of para-hydroxylation sites is 2. The second-order valence-corrected chi connectivity index (χ2v) is 9.40. The molecule has 1 aliphatic carbocycles. The van der Waals surface area contributed by atoms with Crippen LogP contribution in [-0.4, -0.2) is 65.7 Å². The summed E-state index contributed by atoms with van der Waals surface area (Å²) in [5.41, 5.74) is 1.48.